The molecule has 1 amide bonds. The van der Waals surface area contributed by atoms with Crippen LogP contribution in [0.25, 0.3) is 26.5 Å². The number of fused-ring (bicyclic) bond motifs is 2. The summed E-state index contributed by atoms with van der Waals surface area (Å²) >= 11 is 1.46. The van der Waals surface area contributed by atoms with Gasteiger partial charge in [0.1, 0.15) is 17.1 Å². The van der Waals surface area contributed by atoms with E-state index in [2.05, 4.69) is 21.3 Å². The van der Waals surface area contributed by atoms with Gasteiger partial charge in [0, 0.05) is 73.7 Å². The van der Waals surface area contributed by atoms with E-state index < -0.39 is 17.3 Å². The number of nitrogens with one attached hydrogen (secondary N) is 1. The number of para-hydroxylation sites is 1. The van der Waals surface area contributed by atoms with Gasteiger partial charge in [0.25, 0.3) is 11.5 Å². The molecule has 0 saturated carbocycles. The van der Waals surface area contributed by atoms with Crippen LogP contribution in [0.4, 0.5) is 10.1 Å². The number of hydrogen-bond donors (Lipinski definition) is 1. The van der Waals surface area contributed by atoms with E-state index >= 15 is 4.39 Å². The first-order valence-corrected chi connectivity index (χ1v) is 16.7. The van der Waals surface area contributed by atoms with Gasteiger partial charge in [0.15, 0.2) is 11.6 Å². The van der Waals surface area contributed by atoms with E-state index in [1.807, 2.05) is 36.5 Å². The van der Waals surface area contributed by atoms with Gasteiger partial charge in [-0.1, -0.05) is 24.3 Å². The Morgan fingerprint density at radius 3 is 2.60 bits per heavy atom. The molecule has 2 aliphatic heterocycles. The van der Waals surface area contributed by atoms with Gasteiger partial charge in [-0.05, 0) is 42.0 Å². The minimum Gasteiger partial charge on any atom is -0.492 e. The van der Waals surface area contributed by atoms with Crippen molar-refractivity contribution in [2.75, 3.05) is 38.2 Å². The van der Waals surface area contributed by atoms with Crippen LogP contribution >= 0.6 is 23.7 Å². The largest absolute Gasteiger partial charge is 0.492 e. The quantitative estimate of drug-likeness (QED) is 0.182. The summed E-state index contributed by atoms with van der Waals surface area (Å²) in [5.41, 5.74) is 3.54. The topological polar surface area (TPSA) is 108 Å². The van der Waals surface area contributed by atoms with Crippen LogP contribution in [0.5, 0.6) is 17.2 Å². The van der Waals surface area contributed by atoms with Crippen molar-refractivity contribution in [2.24, 2.45) is 0 Å². The number of morpholine rings is 1. The number of hydrogen-bond acceptors (Lipinski definition) is 9. The Morgan fingerprint density at radius 2 is 1.82 bits per heavy atom. The highest BCUT2D eigenvalue weighted by Gasteiger charge is 2.27. The van der Waals surface area contributed by atoms with Crippen molar-refractivity contribution in [3.05, 3.63) is 124 Å². The predicted molar refractivity (Wildman–Crippen MR) is 192 cm³/mol. The standard InChI is InChI=1S/C37H30FN5O5S.ClH/c38-27-18-25(41-36(44)33-34-24(11-15-47-34)22-43(37(33)45)26-4-2-1-3-5-26)7-9-30(27)48-31-10-12-39-29-19-32(49-35(29)31)28-8-6-23(20-40-28)21-42-13-16-46-17-14-42;/h1-10,12,18-20,22H,11,13-17,21H2,(H,41,44);1H. The van der Waals surface area contributed by atoms with Crippen molar-refractivity contribution in [3.8, 4) is 33.5 Å². The van der Waals surface area contributed by atoms with Gasteiger partial charge in [0.2, 0.25) is 0 Å². The van der Waals surface area contributed by atoms with Crippen LogP contribution < -0.4 is 20.3 Å². The maximum absolute atomic E-state index is 15.4. The maximum Gasteiger partial charge on any atom is 0.271 e. The Hall–Kier alpha value is -5.14. The molecule has 13 heteroatoms. The number of anilines is 1. The smallest absolute Gasteiger partial charge is 0.271 e. The van der Waals surface area contributed by atoms with E-state index in [1.54, 1.807) is 30.6 Å². The summed E-state index contributed by atoms with van der Waals surface area (Å²) in [7, 11) is 0. The zero-order chi connectivity index (χ0) is 33.3. The number of pyridine rings is 3. The number of benzene rings is 2. The van der Waals surface area contributed by atoms with Crippen molar-refractivity contribution >= 4 is 45.6 Å². The van der Waals surface area contributed by atoms with Crippen LogP contribution in [0.1, 0.15) is 21.5 Å². The highest BCUT2D eigenvalue weighted by molar-refractivity contribution is 7.22. The molecule has 4 aromatic heterocycles. The molecule has 6 aromatic rings. The molecule has 2 aliphatic rings. The molecule has 0 aliphatic carbocycles. The Labute approximate surface area is 296 Å². The van der Waals surface area contributed by atoms with Gasteiger partial charge in [-0.25, -0.2) is 4.39 Å². The minimum atomic E-state index is -0.689. The lowest BCUT2D eigenvalue weighted by atomic mass is 10.1. The minimum absolute atomic E-state index is 0. The number of amides is 1. The van der Waals surface area contributed by atoms with Crippen LogP contribution in [-0.4, -0.2) is 58.3 Å². The first kappa shape index (κ1) is 33.4. The SMILES string of the molecule is Cl.O=C(Nc1ccc(Oc2ccnc3cc(-c4ccc(CN5CCOCC5)cn4)sc23)c(F)c1)c1c2c(cn(-c3ccccc3)c1=O)CCO2. The number of aromatic nitrogens is 3. The van der Waals surface area contributed by atoms with Gasteiger partial charge in [0.05, 0.1) is 40.6 Å². The number of carbonyl (C=O) groups excluding carboxylic acids is 1. The molecule has 50 heavy (non-hydrogen) atoms. The Bertz CT molecular complexity index is 2240. The normalized spacial score (nSPS) is 14.1. The van der Waals surface area contributed by atoms with E-state index in [1.165, 1.54) is 28.0 Å². The van der Waals surface area contributed by atoms with Gasteiger partial charge < -0.3 is 19.5 Å². The van der Waals surface area contributed by atoms with E-state index in [0.29, 0.717) is 30.0 Å². The number of ether oxygens (including phenoxy) is 3. The first-order valence-electron chi connectivity index (χ1n) is 15.9. The molecule has 1 N–H and O–H groups in total. The first-order chi connectivity index (χ1) is 24.0. The fourth-order valence-corrected chi connectivity index (χ4v) is 7.06. The second-order valence-corrected chi connectivity index (χ2v) is 12.8. The molecule has 1 fully saturated rings. The van der Waals surface area contributed by atoms with Crippen LogP contribution in [-0.2, 0) is 17.7 Å². The van der Waals surface area contributed by atoms with Crippen molar-refractivity contribution in [3.63, 3.8) is 0 Å². The van der Waals surface area contributed by atoms with Crippen molar-refractivity contribution in [2.45, 2.75) is 13.0 Å². The number of rotatable bonds is 8. The Morgan fingerprint density at radius 1 is 0.980 bits per heavy atom. The fourth-order valence-electron chi connectivity index (χ4n) is 6.01. The van der Waals surface area contributed by atoms with E-state index in [9.17, 15) is 9.59 Å². The molecule has 0 spiro atoms. The lowest BCUT2D eigenvalue weighted by molar-refractivity contribution is 0.0341. The van der Waals surface area contributed by atoms with E-state index in [0.717, 1.165) is 65.3 Å². The monoisotopic (exact) mass is 711 g/mol. The third kappa shape index (κ3) is 6.70. The second-order valence-electron chi connectivity index (χ2n) is 11.7. The molecule has 8 rings (SSSR count). The zero-order valence-electron chi connectivity index (χ0n) is 26.6. The van der Waals surface area contributed by atoms with Crippen molar-refractivity contribution in [1.82, 2.24) is 19.4 Å². The Balaban J connectivity index is 0.00000392. The second kappa shape index (κ2) is 14.4. The third-order valence-electron chi connectivity index (χ3n) is 8.49. The third-order valence-corrected chi connectivity index (χ3v) is 9.65. The summed E-state index contributed by atoms with van der Waals surface area (Å²) < 4.78 is 34.8. The average Bonchev–Trinajstić information content (AvgIpc) is 3.78. The van der Waals surface area contributed by atoms with Crippen LogP contribution in [0, 0.1) is 5.82 Å². The van der Waals surface area contributed by atoms with Gasteiger partial charge in [-0.2, -0.15) is 0 Å². The fraction of sp³-hybridized carbons (Fsp3) is 0.189. The summed E-state index contributed by atoms with van der Waals surface area (Å²) in [6.07, 6.45) is 5.78. The van der Waals surface area contributed by atoms with Crippen molar-refractivity contribution < 1.29 is 23.4 Å². The summed E-state index contributed by atoms with van der Waals surface area (Å²) in [5, 5.41) is 2.67. The summed E-state index contributed by atoms with van der Waals surface area (Å²) in [6.45, 7) is 4.51. The zero-order valence-corrected chi connectivity index (χ0v) is 28.3. The lowest BCUT2D eigenvalue weighted by Crippen LogP contribution is -2.35. The maximum atomic E-state index is 15.4. The molecule has 254 valence electrons. The van der Waals surface area contributed by atoms with Gasteiger partial charge >= 0.3 is 0 Å². The van der Waals surface area contributed by atoms with Crippen LogP contribution in [0.3, 0.4) is 0 Å². The van der Waals surface area contributed by atoms with Crippen LogP contribution in [0.15, 0.2) is 96.2 Å². The highest BCUT2D eigenvalue weighted by Crippen LogP contribution is 2.39. The molecule has 2 aromatic carbocycles. The van der Waals surface area contributed by atoms with E-state index in [4.69, 9.17) is 19.2 Å². The molecule has 0 unspecified atom stereocenters. The molecule has 0 radical (unpaired) electrons. The predicted octanol–water partition coefficient (Wildman–Crippen LogP) is 6.88. The molecule has 1 saturated heterocycles. The molecule has 10 nitrogen and oxygen atoms in total. The Kier molecular flexibility index (Phi) is 9.59. The molecular formula is C37H31ClFN5O5S. The summed E-state index contributed by atoms with van der Waals surface area (Å²) in [6, 6.07) is 20.9. The molecule has 6 heterocycles. The van der Waals surface area contributed by atoms with Crippen LogP contribution in [0.2, 0.25) is 0 Å². The number of halogens is 2. The van der Waals surface area contributed by atoms with Crippen molar-refractivity contribution in [1.29, 1.82) is 0 Å². The highest BCUT2D eigenvalue weighted by atomic mass is 35.5. The molecule has 0 atom stereocenters. The van der Waals surface area contributed by atoms with Gasteiger partial charge in [-0.3, -0.25) is 29.0 Å². The number of thiophene rings is 1. The van der Waals surface area contributed by atoms with Gasteiger partial charge in [-0.15, -0.1) is 23.7 Å². The number of nitrogens with zero attached hydrogens (tertiary/aromatic N) is 4. The average molecular weight is 712 g/mol. The summed E-state index contributed by atoms with van der Waals surface area (Å²) in [5.74, 6) is -0.702. The molecular weight excluding hydrogens is 681 g/mol. The lowest BCUT2D eigenvalue weighted by Gasteiger charge is -2.26. The molecule has 0 bridgehead atoms. The summed E-state index contributed by atoms with van der Waals surface area (Å²) in [4.78, 5) is 39.4. The van der Waals surface area contributed by atoms with E-state index in [-0.39, 0.29) is 35.2 Å². The number of carbonyl (C=O) groups is 1.